The summed E-state index contributed by atoms with van der Waals surface area (Å²) in [6.45, 7) is 7.63. The fourth-order valence-electron chi connectivity index (χ4n) is 5.47. The number of carbonyl (C=O) groups is 2. The van der Waals surface area contributed by atoms with Gasteiger partial charge in [0.05, 0.1) is 25.0 Å². The van der Waals surface area contributed by atoms with Crippen molar-refractivity contribution in [3.05, 3.63) is 0 Å². The number of cyclic esters (lactones) is 2. The van der Waals surface area contributed by atoms with Crippen LogP contribution in [-0.2, 0) is 19.1 Å². The molecular formula is C32H60O6. The number of aliphatic hydroxyl groups is 2. The Balaban J connectivity index is 2.82. The lowest BCUT2D eigenvalue weighted by Crippen LogP contribution is -2.44. The summed E-state index contributed by atoms with van der Waals surface area (Å²) >= 11 is 0. The number of aliphatic hydroxyl groups excluding tert-OH is 2. The van der Waals surface area contributed by atoms with Crippen LogP contribution in [0.15, 0.2) is 0 Å². The number of hydrogen-bond donors (Lipinski definition) is 2. The maximum atomic E-state index is 13.1. The van der Waals surface area contributed by atoms with Crippen molar-refractivity contribution in [1.29, 1.82) is 0 Å². The SMILES string of the molecule is CCCCCCCCC[C@@]1(CO)CC[C@@H](C)C(=O)O[C@@](CO)(CCCCCCCCC)CC[C@@H](C)C(=O)O1. The Hall–Kier alpha value is -1.14. The maximum Gasteiger partial charge on any atom is 0.309 e. The molecule has 0 aromatic rings. The van der Waals surface area contributed by atoms with Crippen molar-refractivity contribution in [3.63, 3.8) is 0 Å². The van der Waals surface area contributed by atoms with Gasteiger partial charge in [0.2, 0.25) is 0 Å². The standard InChI is InChI=1S/C32H60O6/c1-5-7-9-11-13-15-17-21-31(25-33)23-19-27(3)30(36)38-32(26-34,24-20-28(4)29(35)37-31)22-18-16-14-12-10-8-6-2/h27-28,33-34H,5-26H2,1-4H3/t27-,28-,31+,32+/m1/s1. The average molecular weight is 541 g/mol. The van der Waals surface area contributed by atoms with Crippen molar-refractivity contribution >= 4 is 11.9 Å². The molecule has 0 amide bonds. The molecule has 1 fully saturated rings. The molecular weight excluding hydrogens is 480 g/mol. The number of esters is 2. The lowest BCUT2D eigenvalue weighted by Gasteiger charge is -2.37. The van der Waals surface area contributed by atoms with E-state index in [1.165, 1.54) is 51.4 Å². The highest BCUT2D eigenvalue weighted by molar-refractivity contribution is 5.73. The molecule has 1 aliphatic heterocycles. The molecule has 6 nitrogen and oxygen atoms in total. The Kier molecular flexibility index (Phi) is 18.2. The second-order valence-electron chi connectivity index (χ2n) is 12.1. The molecule has 0 aromatic heterocycles. The van der Waals surface area contributed by atoms with Crippen LogP contribution < -0.4 is 0 Å². The van der Waals surface area contributed by atoms with E-state index >= 15 is 0 Å². The van der Waals surface area contributed by atoms with Crippen molar-refractivity contribution in [1.82, 2.24) is 0 Å². The van der Waals surface area contributed by atoms with Gasteiger partial charge in [0.15, 0.2) is 0 Å². The van der Waals surface area contributed by atoms with E-state index in [1.54, 1.807) is 0 Å². The second-order valence-corrected chi connectivity index (χ2v) is 12.1. The van der Waals surface area contributed by atoms with E-state index in [0.29, 0.717) is 38.5 Å². The van der Waals surface area contributed by atoms with Crippen LogP contribution in [0, 0.1) is 11.8 Å². The summed E-state index contributed by atoms with van der Waals surface area (Å²) in [5.41, 5.74) is -1.90. The summed E-state index contributed by atoms with van der Waals surface area (Å²) in [5, 5.41) is 20.7. The normalized spacial score (nSPS) is 27.3. The van der Waals surface area contributed by atoms with Gasteiger partial charge in [-0.25, -0.2) is 0 Å². The molecule has 2 N–H and O–H groups in total. The smallest absolute Gasteiger partial charge is 0.309 e. The van der Waals surface area contributed by atoms with E-state index in [0.717, 1.165) is 38.5 Å². The first kappa shape index (κ1) is 34.9. The average Bonchev–Trinajstić information content (AvgIpc) is 2.92. The molecule has 0 saturated carbocycles. The Labute approximate surface area is 233 Å². The fraction of sp³-hybridized carbons (Fsp3) is 0.938. The van der Waals surface area contributed by atoms with E-state index in [1.807, 2.05) is 13.8 Å². The molecule has 0 spiro atoms. The summed E-state index contributed by atoms with van der Waals surface area (Å²) in [4.78, 5) is 26.3. The minimum absolute atomic E-state index is 0.234. The lowest BCUT2D eigenvalue weighted by atomic mass is 9.85. The Morgan fingerprint density at radius 3 is 1.24 bits per heavy atom. The highest BCUT2D eigenvalue weighted by Gasteiger charge is 2.40. The van der Waals surface area contributed by atoms with Gasteiger partial charge in [-0.15, -0.1) is 0 Å². The third-order valence-corrected chi connectivity index (χ3v) is 8.55. The van der Waals surface area contributed by atoms with E-state index in [9.17, 15) is 19.8 Å². The molecule has 6 heteroatoms. The zero-order chi connectivity index (χ0) is 28.3. The van der Waals surface area contributed by atoms with Crippen LogP contribution in [0.2, 0.25) is 0 Å². The molecule has 1 saturated heterocycles. The maximum absolute atomic E-state index is 13.1. The summed E-state index contributed by atoms with van der Waals surface area (Å²) in [6.07, 6.45) is 19.1. The van der Waals surface area contributed by atoms with Crippen LogP contribution in [-0.4, -0.2) is 46.6 Å². The first-order chi connectivity index (χ1) is 18.3. The van der Waals surface area contributed by atoms with Gasteiger partial charge in [-0.1, -0.05) is 105 Å². The molecule has 0 radical (unpaired) electrons. The van der Waals surface area contributed by atoms with Gasteiger partial charge in [-0.3, -0.25) is 9.59 Å². The number of unbranched alkanes of at least 4 members (excludes halogenated alkanes) is 12. The number of ether oxygens (including phenoxy) is 2. The van der Waals surface area contributed by atoms with Crippen molar-refractivity contribution in [2.45, 2.75) is 167 Å². The molecule has 1 heterocycles. The molecule has 0 unspecified atom stereocenters. The fourth-order valence-corrected chi connectivity index (χ4v) is 5.47. The zero-order valence-corrected chi connectivity index (χ0v) is 25.2. The third-order valence-electron chi connectivity index (χ3n) is 8.55. The lowest BCUT2D eigenvalue weighted by molar-refractivity contribution is -0.179. The van der Waals surface area contributed by atoms with E-state index in [4.69, 9.17) is 9.47 Å². The van der Waals surface area contributed by atoms with E-state index in [2.05, 4.69) is 13.8 Å². The molecule has 0 bridgehead atoms. The van der Waals surface area contributed by atoms with Gasteiger partial charge in [0.25, 0.3) is 0 Å². The first-order valence-electron chi connectivity index (χ1n) is 15.9. The van der Waals surface area contributed by atoms with Gasteiger partial charge in [-0.2, -0.15) is 0 Å². The van der Waals surface area contributed by atoms with Crippen molar-refractivity contribution in [2.24, 2.45) is 11.8 Å². The van der Waals surface area contributed by atoms with Crippen LogP contribution in [0.5, 0.6) is 0 Å². The minimum Gasteiger partial charge on any atom is -0.456 e. The van der Waals surface area contributed by atoms with Gasteiger partial charge in [0, 0.05) is 0 Å². The monoisotopic (exact) mass is 540 g/mol. The van der Waals surface area contributed by atoms with E-state index in [-0.39, 0.29) is 25.2 Å². The molecule has 4 atom stereocenters. The predicted octanol–water partition coefficient (Wildman–Crippen LogP) is 7.66. The van der Waals surface area contributed by atoms with Gasteiger partial charge in [0.1, 0.15) is 11.2 Å². The first-order valence-corrected chi connectivity index (χ1v) is 15.9. The minimum atomic E-state index is -0.950. The highest BCUT2D eigenvalue weighted by atomic mass is 16.6. The molecule has 224 valence electrons. The Bertz CT molecular complexity index is 583. The predicted molar refractivity (Wildman–Crippen MR) is 154 cm³/mol. The molecule has 1 aliphatic rings. The number of hydrogen-bond acceptors (Lipinski definition) is 6. The molecule has 38 heavy (non-hydrogen) atoms. The van der Waals surface area contributed by atoms with Gasteiger partial charge in [-0.05, 0) is 51.4 Å². The summed E-state index contributed by atoms with van der Waals surface area (Å²) in [5.74, 6) is -1.40. The number of rotatable bonds is 18. The van der Waals surface area contributed by atoms with Crippen molar-refractivity contribution in [3.8, 4) is 0 Å². The Morgan fingerprint density at radius 1 is 0.605 bits per heavy atom. The van der Waals surface area contributed by atoms with Crippen molar-refractivity contribution < 1.29 is 29.3 Å². The van der Waals surface area contributed by atoms with Crippen LogP contribution in [0.4, 0.5) is 0 Å². The second kappa shape index (κ2) is 19.8. The summed E-state index contributed by atoms with van der Waals surface area (Å²) in [7, 11) is 0. The quantitative estimate of drug-likeness (QED) is 0.137. The molecule has 0 aliphatic carbocycles. The van der Waals surface area contributed by atoms with Gasteiger partial charge >= 0.3 is 11.9 Å². The molecule has 1 rings (SSSR count). The van der Waals surface area contributed by atoms with Crippen LogP contribution in [0.25, 0.3) is 0 Å². The number of carbonyl (C=O) groups excluding carboxylic acids is 2. The Morgan fingerprint density at radius 2 is 0.921 bits per heavy atom. The van der Waals surface area contributed by atoms with Crippen molar-refractivity contribution in [2.75, 3.05) is 13.2 Å². The topological polar surface area (TPSA) is 93.1 Å². The summed E-state index contributed by atoms with van der Waals surface area (Å²) in [6, 6.07) is 0. The largest absolute Gasteiger partial charge is 0.456 e. The van der Waals surface area contributed by atoms with Crippen LogP contribution >= 0.6 is 0 Å². The summed E-state index contributed by atoms with van der Waals surface area (Å²) < 4.78 is 12.1. The third kappa shape index (κ3) is 13.3. The van der Waals surface area contributed by atoms with Crippen LogP contribution in [0.3, 0.4) is 0 Å². The molecule has 0 aromatic carbocycles. The van der Waals surface area contributed by atoms with E-state index < -0.39 is 23.0 Å². The van der Waals surface area contributed by atoms with Gasteiger partial charge < -0.3 is 19.7 Å². The van der Waals surface area contributed by atoms with Crippen LogP contribution in [0.1, 0.15) is 156 Å². The highest BCUT2D eigenvalue weighted by Crippen LogP contribution is 2.34. The zero-order valence-electron chi connectivity index (χ0n) is 25.2.